The van der Waals surface area contributed by atoms with E-state index in [4.69, 9.17) is 4.74 Å². The second-order valence-corrected chi connectivity index (χ2v) is 4.51. The molecule has 0 aliphatic carbocycles. The fourth-order valence-electron chi connectivity index (χ4n) is 2.12. The van der Waals surface area contributed by atoms with Gasteiger partial charge in [0.25, 0.3) is 0 Å². The number of carbonyl (C=O) groups is 2. The van der Waals surface area contributed by atoms with Crippen LogP contribution in [0, 0.1) is 0 Å². The number of hydrogen-bond donors (Lipinski definition) is 1. The minimum atomic E-state index is -0.181. The summed E-state index contributed by atoms with van der Waals surface area (Å²) in [5.41, 5.74) is 0. The SMILES string of the molecule is COCC(=O)N1CCC(NC(=O)n2ccnc2)CC1. The predicted molar refractivity (Wildman–Crippen MR) is 67.6 cm³/mol. The molecule has 0 atom stereocenters. The quantitative estimate of drug-likeness (QED) is 0.840. The molecule has 0 bridgehead atoms. The average Bonchev–Trinajstić information content (AvgIpc) is 2.94. The monoisotopic (exact) mass is 266 g/mol. The molecule has 7 nitrogen and oxygen atoms in total. The maximum atomic E-state index is 11.8. The highest BCUT2D eigenvalue weighted by Crippen LogP contribution is 2.10. The second kappa shape index (κ2) is 6.33. The molecule has 2 amide bonds. The molecule has 1 aromatic heterocycles. The van der Waals surface area contributed by atoms with Gasteiger partial charge in [-0.25, -0.2) is 9.78 Å². The zero-order valence-corrected chi connectivity index (χ0v) is 10.9. The summed E-state index contributed by atoms with van der Waals surface area (Å²) in [7, 11) is 1.51. The lowest BCUT2D eigenvalue weighted by Crippen LogP contribution is -2.48. The molecule has 0 spiro atoms. The number of hydrogen-bond acceptors (Lipinski definition) is 4. The van der Waals surface area contributed by atoms with Crippen LogP contribution in [0.1, 0.15) is 12.8 Å². The molecule has 0 aromatic carbocycles. The molecule has 2 heterocycles. The summed E-state index contributed by atoms with van der Waals surface area (Å²) < 4.78 is 6.23. The highest BCUT2D eigenvalue weighted by Gasteiger charge is 2.23. The Bertz CT molecular complexity index is 424. The summed E-state index contributed by atoms with van der Waals surface area (Å²) in [6, 6.07) is -0.0827. The van der Waals surface area contributed by atoms with Gasteiger partial charge in [-0.15, -0.1) is 0 Å². The maximum Gasteiger partial charge on any atom is 0.327 e. The largest absolute Gasteiger partial charge is 0.375 e. The van der Waals surface area contributed by atoms with Crippen LogP contribution >= 0.6 is 0 Å². The van der Waals surface area contributed by atoms with Crippen molar-refractivity contribution in [3.63, 3.8) is 0 Å². The van der Waals surface area contributed by atoms with Gasteiger partial charge in [0.05, 0.1) is 0 Å². The first-order valence-corrected chi connectivity index (χ1v) is 6.26. The summed E-state index contributed by atoms with van der Waals surface area (Å²) in [6.45, 7) is 1.42. The van der Waals surface area contributed by atoms with Crippen molar-refractivity contribution in [1.29, 1.82) is 0 Å². The molecule has 1 aromatic rings. The molecule has 1 N–H and O–H groups in total. The summed E-state index contributed by atoms with van der Waals surface area (Å²) in [4.78, 5) is 29.0. The molecule has 104 valence electrons. The molecule has 1 aliphatic heterocycles. The van der Waals surface area contributed by atoms with Gasteiger partial charge >= 0.3 is 6.03 Å². The normalized spacial score (nSPS) is 16.4. The maximum absolute atomic E-state index is 11.8. The van der Waals surface area contributed by atoms with Gasteiger partial charge in [-0.05, 0) is 12.8 Å². The molecule has 2 rings (SSSR count). The zero-order valence-electron chi connectivity index (χ0n) is 10.9. The van der Waals surface area contributed by atoms with Gasteiger partial charge in [-0.3, -0.25) is 9.36 Å². The zero-order chi connectivity index (χ0) is 13.7. The highest BCUT2D eigenvalue weighted by molar-refractivity contribution is 5.78. The lowest BCUT2D eigenvalue weighted by molar-refractivity contribution is -0.136. The predicted octanol–water partition coefficient (Wildman–Crippen LogP) is 0.0782. The Balaban J connectivity index is 1.77. The number of methoxy groups -OCH3 is 1. The van der Waals surface area contributed by atoms with Crippen LogP contribution in [0.3, 0.4) is 0 Å². The van der Waals surface area contributed by atoms with Crippen molar-refractivity contribution in [2.75, 3.05) is 26.8 Å². The number of rotatable bonds is 3. The van der Waals surface area contributed by atoms with Crippen molar-refractivity contribution in [3.8, 4) is 0 Å². The third kappa shape index (κ3) is 3.54. The average molecular weight is 266 g/mol. The highest BCUT2D eigenvalue weighted by atomic mass is 16.5. The number of aromatic nitrogens is 2. The number of piperidine rings is 1. The molecule has 0 unspecified atom stereocenters. The van der Waals surface area contributed by atoms with Gasteiger partial charge in [0, 0.05) is 38.6 Å². The Morgan fingerprint density at radius 3 is 2.74 bits per heavy atom. The Labute approximate surface area is 111 Å². The first kappa shape index (κ1) is 13.5. The smallest absolute Gasteiger partial charge is 0.327 e. The first-order valence-electron chi connectivity index (χ1n) is 6.26. The molecule has 1 fully saturated rings. The molecule has 1 saturated heterocycles. The van der Waals surface area contributed by atoms with Gasteiger partial charge in [0.1, 0.15) is 12.9 Å². The number of ether oxygens (including phenoxy) is 1. The van der Waals surface area contributed by atoms with Crippen LogP contribution in [0.2, 0.25) is 0 Å². The Morgan fingerprint density at radius 1 is 1.42 bits per heavy atom. The van der Waals surface area contributed by atoms with Gasteiger partial charge in [0.2, 0.25) is 5.91 Å². The summed E-state index contributed by atoms with van der Waals surface area (Å²) >= 11 is 0. The number of nitrogens with one attached hydrogen (secondary N) is 1. The summed E-state index contributed by atoms with van der Waals surface area (Å²) in [5.74, 6) is 0.00175. The minimum Gasteiger partial charge on any atom is -0.375 e. The third-order valence-corrected chi connectivity index (χ3v) is 3.18. The van der Waals surface area contributed by atoms with Crippen LogP contribution in [0.4, 0.5) is 4.79 Å². The van der Waals surface area contributed by atoms with E-state index in [-0.39, 0.29) is 24.6 Å². The van der Waals surface area contributed by atoms with E-state index < -0.39 is 0 Å². The van der Waals surface area contributed by atoms with Crippen molar-refractivity contribution in [2.24, 2.45) is 0 Å². The first-order chi connectivity index (χ1) is 9.20. The van der Waals surface area contributed by atoms with E-state index in [1.54, 1.807) is 17.3 Å². The number of amides is 2. The molecule has 1 aliphatic rings. The van der Waals surface area contributed by atoms with E-state index in [1.807, 2.05) is 0 Å². The summed E-state index contributed by atoms with van der Waals surface area (Å²) in [6.07, 6.45) is 6.15. The van der Waals surface area contributed by atoms with Gasteiger partial charge in [-0.2, -0.15) is 0 Å². The van der Waals surface area contributed by atoms with Gasteiger partial charge in [0.15, 0.2) is 0 Å². The molecule has 0 saturated carbocycles. The molecule has 7 heteroatoms. The minimum absolute atomic E-state index is 0.00175. The van der Waals surface area contributed by atoms with Crippen LogP contribution in [0.25, 0.3) is 0 Å². The van der Waals surface area contributed by atoms with Crippen molar-refractivity contribution in [3.05, 3.63) is 18.7 Å². The molecule has 0 radical (unpaired) electrons. The fraction of sp³-hybridized carbons (Fsp3) is 0.583. The molecule has 19 heavy (non-hydrogen) atoms. The van der Waals surface area contributed by atoms with E-state index in [1.165, 1.54) is 18.0 Å². The third-order valence-electron chi connectivity index (χ3n) is 3.18. The standard InChI is InChI=1S/C12H18N4O3/c1-19-8-11(17)15-5-2-10(3-6-15)14-12(18)16-7-4-13-9-16/h4,7,9-10H,2-3,5-6,8H2,1H3,(H,14,18). The number of likely N-dealkylation sites (tertiary alicyclic amines) is 1. The molecular formula is C12H18N4O3. The van der Waals surface area contributed by atoms with Crippen molar-refractivity contribution >= 4 is 11.9 Å². The number of imidazole rings is 1. The fourth-order valence-corrected chi connectivity index (χ4v) is 2.12. The number of nitrogens with zero attached hydrogens (tertiary/aromatic N) is 3. The lowest BCUT2D eigenvalue weighted by Gasteiger charge is -2.32. The van der Waals surface area contributed by atoms with Crippen molar-refractivity contribution < 1.29 is 14.3 Å². The van der Waals surface area contributed by atoms with Crippen LogP contribution in [-0.2, 0) is 9.53 Å². The van der Waals surface area contributed by atoms with Crippen LogP contribution in [-0.4, -0.2) is 59.2 Å². The van der Waals surface area contributed by atoms with Crippen molar-refractivity contribution in [2.45, 2.75) is 18.9 Å². The van der Waals surface area contributed by atoms with E-state index in [2.05, 4.69) is 10.3 Å². The van der Waals surface area contributed by atoms with Gasteiger partial charge in [-0.1, -0.05) is 0 Å². The van der Waals surface area contributed by atoms with E-state index in [0.717, 1.165) is 12.8 Å². The van der Waals surface area contributed by atoms with Crippen molar-refractivity contribution in [1.82, 2.24) is 19.8 Å². The van der Waals surface area contributed by atoms with Crippen LogP contribution in [0.15, 0.2) is 18.7 Å². The van der Waals surface area contributed by atoms with E-state index >= 15 is 0 Å². The Morgan fingerprint density at radius 2 is 2.16 bits per heavy atom. The Hall–Kier alpha value is -1.89. The molecular weight excluding hydrogens is 248 g/mol. The number of carbonyl (C=O) groups excluding carboxylic acids is 2. The van der Waals surface area contributed by atoms with Crippen LogP contribution < -0.4 is 5.32 Å². The van der Waals surface area contributed by atoms with Gasteiger partial charge < -0.3 is 15.0 Å². The second-order valence-electron chi connectivity index (χ2n) is 4.51. The topological polar surface area (TPSA) is 76.5 Å². The Kier molecular flexibility index (Phi) is 4.51. The van der Waals surface area contributed by atoms with E-state index in [0.29, 0.717) is 13.1 Å². The van der Waals surface area contributed by atoms with Crippen LogP contribution in [0.5, 0.6) is 0 Å². The lowest BCUT2D eigenvalue weighted by atomic mass is 10.1. The van der Waals surface area contributed by atoms with E-state index in [9.17, 15) is 9.59 Å². The summed E-state index contributed by atoms with van der Waals surface area (Å²) in [5, 5.41) is 2.93.